The highest BCUT2D eigenvalue weighted by molar-refractivity contribution is 5.35. The molecule has 0 fully saturated rings. The summed E-state index contributed by atoms with van der Waals surface area (Å²) in [5.74, 6) is 1.83. The van der Waals surface area contributed by atoms with Crippen LogP contribution in [0.1, 0.15) is 23.1 Å². The Morgan fingerprint density at radius 3 is 2.33 bits per heavy atom. The molecule has 0 aliphatic rings. The molecule has 0 atom stereocenters. The highest BCUT2D eigenvalue weighted by Gasteiger charge is 2.00. The highest BCUT2D eigenvalue weighted by Crippen LogP contribution is 2.19. The first-order valence-corrected chi connectivity index (χ1v) is 7.31. The van der Waals surface area contributed by atoms with Gasteiger partial charge in [0.1, 0.15) is 11.5 Å². The Kier molecular flexibility index (Phi) is 5.64. The van der Waals surface area contributed by atoms with Crippen LogP contribution in [-0.4, -0.2) is 13.2 Å². The highest BCUT2D eigenvalue weighted by atomic mass is 16.5. The van der Waals surface area contributed by atoms with Gasteiger partial charge in [-0.15, -0.1) is 0 Å². The standard InChI is InChI=1S/C18H23NO2/c1-14-4-5-15(2)18(12-14)21-11-3-10-20-17-8-6-16(13-19)7-9-17/h4-9,12H,3,10-11,13,19H2,1-2H3. The van der Waals surface area contributed by atoms with Crippen LogP contribution in [0.5, 0.6) is 11.5 Å². The van der Waals surface area contributed by atoms with Gasteiger partial charge in [-0.25, -0.2) is 0 Å². The number of hydrogen-bond acceptors (Lipinski definition) is 3. The fourth-order valence-electron chi connectivity index (χ4n) is 2.02. The maximum Gasteiger partial charge on any atom is 0.122 e. The van der Waals surface area contributed by atoms with Gasteiger partial charge in [0.15, 0.2) is 0 Å². The molecule has 2 N–H and O–H groups in total. The summed E-state index contributed by atoms with van der Waals surface area (Å²) in [7, 11) is 0. The van der Waals surface area contributed by atoms with Crippen LogP contribution in [0.25, 0.3) is 0 Å². The Balaban J connectivity index is 1.71. The predicted molar refractivity (Wildman–Crippen MR) is 85.9 cm³/mol. The number of hydrogen-bond donors (Lipinski definition) is 1. The minimum absolute atomic E-state index is 0.559. The smallest absolute Gasteiger partial charge is 0.122 e. The van der Waals surface area contributed by atoms with E-state index in [0.29, 0.717) is 19.8 Å². The van der Waals surface area contributed by atoms with E-state index in [0.717, 1.165) is 23.5 Å². The fraction of sp³-hybridized carbons (Fsp3) is 0.333. The largest absolute Gasteiger partial charge is 0.493 e. The van der Waals surface area contributed by atoms with Gasteiger partial charge in [0.2, 0.25) is 0 Å². The number of nitrogens with two attached hydrogens (primary N) is 1. The molecule has 0 saturated heterocycles. The Labute approximate surface area is 126 Å². The molecule has 0 aliphatic carbocycles. The van der Waals surface area contributed by atoms with Crippen LogP contribution in [0, 0.1) is 13.8 Å². The van der Waals surface area contributed by atoms with Crippen molar-refractivity contribution < 1.29 is 9.47 Å². The average molecular weight is 285 g/mol. The van der Waals surface area contributed by atoms with Crippen LogP contribution in [0.4, 0.5) is 0 Å². The van der Waals surface area contributed by atoms with E-state index in [2.05, 4.69) is 32.0 Å². The van der Waals surface area contributed by atoms with Gasteiger partial charge < -0.3 is 15.2 Å². The quantitative estimate of drug-likeness (QED) is 0.790. The zero-order valence-electron chi connectivity index (χ0n) is 12.8. The zero-order valence-corrected chi connectivity index (χ0v) is 12.8. The summed E-state index contributed by atoms with van der Waals surface area (Å²) in [4.78, 5) is 0. The SMILES string of the molecule is Cc1ccc(C)c(OCCCOc2ccc(CN)cc2)c1. The first kappa shape index (κ1) is 15.4. The second-order valence-corrected chi connectivity index (χ2v) is 5.17. The second kappa shape index (κ2) is 7.70. The molecule has 2 aromatic carbocycles. The van der Waals surface area contributed by atoms with Crippen LogP contribution in [0.15, 0.2) is 42.5 Å². The second-order valence-electron chi connectivity index (χ2n) is 5.17. The Bertz CT molecular complexity index is 564. The van der Waals surface area contributed by atoms with E-state index in [1.165, 1.54) is 11.1 Å². The van der Waals surface area contributed by atoms with E-state index in [-0.39, 0.29) is 0 Å². The van der Waals surface area contributed by atoms with E-state index in [1.807, 2.05) is 24.3 Å². The first-order chi connectivity index (χ1) is 10.2. The molecular weight excluding hydrogens is 262 g/mol. The number of benzene rings is 2. The lowest BCUT2D eigenvalue weighted by Crippen LogP contribution is -2.06. The minimum Gasteiger partial charge on any atom is -0.493 e. The molecule has 3 nitrogen and oxygen atoms in total. The first-order valence-electron chi connectivity index (χ1n) is 7.31. The van der Waals surface area contributed by atoms with Gasteiger partial charge in [0.05, 0.1) is 13.2 Å². The topological polar surface area (TPSA) is 44.5 Å². The van der Waals surface area contributed by atoms with E-state index < -0.39 is 0 Å². The van der Waals surface area contributed by atoms with Crippen molar-refractivity contribution in [2.24, 2.45) is 5.73 Å². The summed E-state index contributed by atoms with van der Waals surface area (Å²) in [5, 5.41) is 0. The molecule has 3 heteroatoms. The van der Waals surface area contributed by atoms with Crippen LogP contribution in [-0.2, 0) is 6.54 Å². The van der Waals surface area contributed by atoms with Gasteiger partial charge in [0, 0.05) is 13.0 Å². The van der Waals surface area contributed by atoms with Crippen molar-refractivity contribution in [2.45, 2.75) is 26.8 Å². The van der Waals surface area contributed by atoms with Gasteiger partial charge in [-0.1, -0.05) is 24.3 Å². The number of aryl methyl sites for hydroxylation is 2. The van der Waals surface area contributed by atoms with Gasteiger partial charge in [-0.05, 0) is 48.7 Å². The lowest BCUT2D eigenvalue weighted by molar-refractivity contribution is 0.246. The van der Waals surface area contributed by atoms with E-state index in [1.54, 1.807) is 0 Å². The predicted octanol–water partition coefficient (Wildman–Crippen LogP) is 3.61. The molecule has 0 unspecified atom stereocenters. The summed E-state index contributed by atoms with van der Waals surface area (Å²) >= 11 is 0. The Morgan fingerprint density at radius 2 is 1.62 bits per heavy atom. The monoisotopic (exact) mass is 285 g/mol. The third-order valence-corrected chi connectivity index (χ3v) is 3.32. The normalized spacial score (nSPS) is 10.4. The van der Waals surface area contributed by atoms with Gasteiger partial charge in [0.25, 0.3) is 0 Å². The van der Waals surface area contributed by atoms with Gasteiger partial charge >= 0.3 is 0 Å². The molecule has 0 spiro atoms. The molecule has 2 rings (SSSR count). The zero-order chi connectivity index (χ0) is 15.1. The summed E-state index contributed by atoms with van der Waals surface area (Å²) in [5.41, 5.74) is 9.05. The third kappa shape index (κ3) is 4.80. The molecule has 2 aromatic rings. The van der Waals surface area contributed by atoms with Crippen molar-refractivity contribution in [1.82, 2.24) is 0 Å². The van der Waals surface area contributed by atoms with Crippen molar-refractivity contribution in [3.05, 3.63) is 59.2 Å². The van der Waals surface area contributed by atoms with Crippen molar-refractivity contribution >= 4 is 0 Å². The molecule has 0 radical (unpaired) electrons. The molecule has 0 bridgehead atoms. The lowest BCUT2D eigenvalue weighted by Gasteiger charge is -2.11. The molecule has 112 valence electrons. The maximum absolute atomic E-state index is 5.80. The number of rotatable bonds is 7. The molecule has 0 amide bonds. The van der Waals surface area contributed by atoms with E-state index in [4.69, 9.17) is 15.2 Å². The van der Waals surface area contributed by atoms with Gasteiger partial charge in [-0.2, -0.15) is 0 Å². The summed E-state index contributed by atoms with van der Waals surface area (Å²) in [6.07, 6.45) is 0.853. The summed E-state index contributed by atoms with van der Waals surface area (Å²) in [6, 6.07) is 14.1. The molecule has 0 aromatic heterocycles. The van der Waals surface area contributed by atoms with E-state index in [9.17, 15) is 0 Å². The Hall–Kier alpha value is -2.00. The molecule has 0 saturated carbocycles. The molecular formula is C18H23NO2. The van der Waals surface area contributed by atoms with Crippen LogP contribution < -0.4 is 15.2 Å². The maximum atomic E-state index is 5.80. The van der Waals surface area contributed by atoms with Gasteiger partial charge in [-0.3, -0.25) is 0 Å². The fourth-order valence-corrected chi connectivity index (χ4v) is 2.02. The van der Waals surface area contributed by atoms with Crippen LogP contribution in [0.3, 0.4) is 0 Å². The van der Waals surface area contributed by atoms with Crippen LogP contribution >= 0.6 is 0 Å². The van der Waals surface area contributed by atoms with E-state index >= 15 is 0 Å². The van der Waals surface area contributed by atoms with Crippen molar-refractivity contribution in [3.8, 4) is 11.5 Å². The summed E-state index contributed by atoms with van der Waals surface area (Å²) in [6.45, 7) is 5.99. The lowest BCUT2D eigenvalue weighted by atomic mass is 10.1. The minimum atomic E-state index is 0.559. The number of ether oxygens (including phenoxy) is 2. The molecule has 0 aliphatic heterocycles. The molecule has 21 heavy (non-hydrogen) atoms. The summed E-state index contributed by atoms with van der Waals surface area (Å²) < 4.78 is 11.5. The third-order valence-electron chi connectivity index (χ3n) is 3.32. The molecule has 0 heterocycles. The average Bonchev–Trinajstić information content (AvgIpc) is 2.51. The van der Waals surface area contributed by atoms with Crippen LogP contribution in [0.2, 0.25) is 0 Å². The van der Waals surface area contributed by atoms with Crippen molar-refractivity contribution in [1.29, 1.82) is 0 Å². The Morgan fingerprint density at radius 1 is 0.905 bits per heavy atom. The van der Waals surface area contributed by atoms with Crippen molar-refractivity contribution in [3.63, 3.8) is 0 Å². The van der Waals surface area contributed by atoms with Crippen molar-refractivity contribution in [2.75, 3.05) is 13.2 Å².